The molecule has 0 bridgehead atoms. The van der Waals surface area contributed by atoms with E-state index < -0.39 is 11.5 Å². The Morgan fingerprint density at radius 3 is 1.86 bits per heavy atom. The van der Waals surface area contributed by atoms with Crippen LogP contribution in [0.15, 0.2) is 90.0 Å². The zero-order valence-corrected chi connectivity index (χ0v) is 16.1. The van der Waals surface area contributed by atoms with E-state index in [-0.39, 0.29) is 0 Å². The summed E-state index contributed by atoms with van der Waals surface area (Å²) in [5.41, 5.74) is 4.57. The van der Waals surface area contributed by atoms with E-state index in [1.165, 1.54) is 0 Å². The predicted molar refractivity (Wildman–Crippen MR) is 112 cm³/mol. The van der Waals surface area contributed by atoms with Crippen LogP contribution in [0.4, 0.5) is 0 Å². The number of carbonyl (C=O) groups excluding carboxylic acids is 1. The van der Waals surface area contributed by atoms with Gasteiger partial charge in [0, 0.05) is 0 Å². The van der Waals surface area contributed by atoms with Crippen molar-refractivity contribution in [2.45, 2.75) is 25.9 Å². The van der Waals surface area contributed by atoms with Crippen LogP contribution in [0.3, 0.4) is 0 Å². The van der Waals surface area contributed by atoms with Gasteiger partial charge in [-0.3, -0.25) is 4.79 Å². The Balaban J connectivity index is 1.95. The second kappa shape index (κ2) is 8.63. The number of hydrogen-bond donors (Lipinski definition) is 2. The van der Waals surface area contributed by atoms with E-state index in [0.29, 0.717) is 17.5 Å². The highest BCUT2D eigenvalue weighted by molar-refractivity contribution is 6.01. The maximum absolute atomic E-state index is 13.1. The Bertz CT molecular complexity index is 909. The molecule has 3 aromatic rings. The van der Waals surface area contributed by atoms with Gasteiger partial charge in [-0.05, 0) is 30.0 Å². The van der Waals surface area contributed by atoms with Crippen LogP contribution in [0, 0.1) is 6.92 Å². The molecule has 4 heteroatoms. The molecule has 3 rings (SSSR count). The molecule has 0 aliphatic carbocycles. The highest BCUT2D eigenvalue weighted by Gasteiger charge is 2.39. The number of nitrogens with zero attached hydrogens (tertiary/aromatic N) is 1. The molecular weight excluding hydrogens is 348 g/mol. The molecule has 0 aliphatic rings. The number of rotatable bonds is 6. The molecule has 28 heavy (non-hydrogen) atoms. The Morgan fingerprint density at radius 1 is 0.893 bits per heavy atom. The van der Waals surface area contributed by atoms with Gasteiger partial charge < -0.3 is 5.11 Å². The molecule has 2 N–H and O–H groups in total. The van der Waals surface area contributed by atoms with Crippen LogP contribution in [-0.2, 0) is 10.4 Å². The van der Waals surface area contributed by atoms with Gasteiger partial charge in [0.15, 0.2) is 5.60 Å². The fourth-order valence-corrected chi connectivity index (χ4v) is 3.08. The third-order valence-electron chi connectivity index (χ3n) is 4.72. The number of hydrazone groups is 1. The van der Waals surface area contributed by atoms with Crippen molar-refractivity contribution in [3.63, 3.8) is 0 Å². The van der Waals surface area contributed by atoms with E-state index in [1.807, 2.05) is 50.2 Å². The molecule has 0 aromatic heterocycles. The first kappa shape index (κ1) is 19.5. The summed E-state index contributed by atoms with van der Waals surface area (Å²) in [6, 6.07) is 25.8. The number of amides is 1. The lowest BCUT2D eigenvalue weighted by Crippen LogP contribution is -2.44. The van der Waals surface area contributed by atoms with Crippen molar-refractivity contribution in [3.8, 4) is 0 Å². The maximum Gasteiger partial charge on any atom is 0.281 e. The van der Waals surface area contributed by atoms with Gasteiger partial charge in [-0.2, -0.15) is 5.10 Å². The summed E-state index contributed by atoms with van der Waals surface area (Å²) in [7, 11) is 0. The zero-order chi connectivity index (χ0) is 20.0. The molecule has 3 aromatic carbocycles. The van der Waals surface area contributed by atoms with Crippen molar-refractivity contribution in [2.75, 3.05) is 0 Å². The molecular formula is C24H24N2O2. The van der Waals surface area contributed by atoms with E-state index >= 15 is 0 Å². The minimum absolute atomic E-state index is 0.488. The maximum atomic E-state index is 13.1. The second-order valence-corrected chi connectivity index (χ2v) is 6.66. The summed E-state index contributed by atoms with van der Waals surface area (Å²) < 4.78 is 0. The Hall–Kier alpha value is -3.24. The van der Waals surface area contributed by atoms with Gasteiger partial charge in [-0.25, -0.2) is 5.43 Å². The highest BCUT2D eigenvalue weighted by Crippen LogP contribution is 2.29. The zero-order valence-electron chi connectivity index (χ0n) is 16.1. The van der Waals surface area contributed by atoms with E-state index in [4.69, 9.17) is 0 Å². The average molecular weight is 372 g/mol. The number of carbonyl (C=O) groups is 1. The Kier molecular flexibility index (Phi) is 6.02. The summed E-state index contributed by atoms with van der Waals surface area (Å²) in [6.45, 7) is 4.00. The molecule has 0 heterocycles. The number of aliphatic hydroxyl groups is 1. The summed E-state index contributed by atoms with van der Waals surface area (Å²) >= 11 is 0. The lowest BCUT2D eigenvalue weighted by atomic mass is 9.85. The smallest absolute Gasteiger partial charge is 0.281 e. The highest BCUT2D eigenvalue weighted by atomic mass is 16.3. The normalized spacial score (nSPS) is 11.9. The minimum atomic E-state index is -1.84. The van der Waals surface area contributed by atoms with Crippen LogP contribution in [0.2, 0.25) is 0 Å². The molecule has 0 atom stereocenters. The van der Waals surface area contributed by atoms with Gasteiger partial charge >= 0.3 is 0 Å². The van der Waals surface area contributed by atoms with Crippen molar-refractivity contribution in [1.82, 2.24) is 5.43 Å². The summed E-state index contributed by atoms with van der Waals surface area (Å²) in [4.78, 5) is 13.1. The molecule has 1 amide bonds. The first-order valence-corrected chi connectivity index (χ1v) is 9.33. The molecule has 0 fully saturated rings. The summed E-state index contributed by atoms with van der Waals surface area (Å²) in [6.07, 6.45) is 0.651. The van der Waals surface area contributed by atoms with Crippen molar-refractivity contribution >= 4 is 11.6 Å². The predicted octanol–water partition coefficient (Wildman–Crippen LogP) is 4.16. The molecule has 0 unspecified atom stereocenters. The number of aryl methyl sites for hydroxylation is 1. The lowest BCUT2D eigenvalue weighted by Gasteiger charge is -2.27. The standard InChI is InChI=1S/C24H24N2O2/c1-3-22(19-16-14-18(2)15-17-19)25-26-23(27)24(28,20-10-6-4-7-11-20)21-12-8-5-9-13-21/h4-17,28H,3H2,1-2H3,(H,26,27). The minimum Gasteiger partial charge on any atom is -0.372 e. The van der Waals surface area contributed by atoms with Crippen molar-refractivity contribution in [1.29, 1.82) is 0 Å². The van der Waals surface area contributed by atoms with Crippen LogP contribution >= 0.6 is 0 Å². The van der Waals surface area contributed by atoms with Gasteiger partial charge in [-0.1, -0.05) is 97.4 Å². The van der Waals surface area contributed by atoms with Gasteiger partial charge in [0.1, 0.15) is 0 Å². The monoisotopic (exact) mass is 372 g/mol. The summed E-state index contributed by atoms with van der Waals surface area (Å²) in [5, 5.41) is 15.7. The van der Waals surface area contributed by atoms with E-state index in [0.717, 1.165) is 16.8 Å². The lowest BCUT2D eigenvalue weighted by molar-refractivity contribution is -0.136. The van der Waals surface area contributed by atoms with Gasteiger partial charge in [0.2, 0.25) is 0 Å². The van der Waals surface area contributed by atoms with Crippen LogP contribution in [0.25, 0.3) is 0 Å². The average Bonchev–Trinajstić information content (AvgIpc) is 2.75. The number of hydrogen-bond acceptors (Lipinski definition) is 3. The Labute approximate surface area is 165 Å². The van der Waals surface area contributed by atoms with Crippen molar-refractivity contribution < 1.29 is 9.90 Å². The van der Waals surface area contributed by atoms with Crippen molar-refractivity contribution in [3.05, 3.63) is 107 Å². The quantitative estimate of drug-likeness (QED) is 0.504. The molecule has 0 radical (unpaired) electrons. The van der Waals surface area contributed by atoms with Crippen LogP contribution in [0.1, 0.15) is 35.6 Å². The molecule has 0 spiro atoms. The van der Waals surface area contributed by atoms with Crippen LogP contribution in [-0.4, -0.2) is 16.7 Å². The van der Waals surface area contributed by atoms with E-state index in [9.17, 15) is 9.90 Å². The van der Waals surface area contributed by atoms with Gasteiger partial charge in [0.05, 0.1) is 5.71 Å². The molecule has 0 saturated carbocycles. The van der Waals surface area contributed by atoms with Crippen LogP contribution in [0.5, 0.6) is 0 Å². The largest absolute Gasteiger partial charge is 0.372 e. The van der Waals surface area contributed by atoms with Crippen LogP contribution < -0.4 is 5.43 Å². The molecule has 4 nitrogen and oxygen atoms in total. The first-order valence-electron chi connectivity index (χ1n) is 9.33. The third-order valence-corrected chi connectivity index (χ3v) is 4.72. The van der Waals surface area contributed by atoms with Gasteiger partial charge in [0.25, 0.3) is 5.91 Å². The topological polar surface area (TPSA) is 61.7 Å². The SMILES string of the molecule is CCC(=NNC(=O)C(O)(c1ccccc1)c1ccccc1)c1ccc(C)cc1. The van der Waals surface area contributed by atoms with E-state index in [2.05, 4.69) is 10.5 Å². The molecule has 142 valence electrons. The first-order chi connectivity index (χ1) is 13.6. The molecule has 0 aliphatic heterocycles. The number of nitrogens with one attached hydrogen (secondary N) is 1. The fraction of sp³-hybridized carbons (Fsp3) is 0.167. The second-order valence-electron chi connectivity index (χ2n) is 6.66. The third kappa shape index (κ3) is 4.02. The van der Waals surface area contributed by atoms with Gasteiger partial charge in [-0.15, -0.1) is 0 Å². The summed E-state index contributed by atoms with van der Waals surface area (Å²) in [5.74, 6) is -0.594. The van der Waals surface area contributed by atoms with Crippen molar-refractivity contribution in [2.24, 2.45) is 5.10 Å². The Morgan fingerprint density at radius 2 is 1.39 bits per heavy atom. The molecule has 0 saturated heterocycles. The number of benzene rings is 3. The van der Waals surface area contributed by atoms with E-state index in [1.54, 1.807) is 48.5 Å². The fourth-order valence-electron chi connectivity index (χ4n) is 3.08.